The van der Waals surface area contributed by atoms with Crippen molar-refractivity contribution in [2.24, 2.45) is 14.1 Å². The molecule has 1 N–H and O–H groups in total. The van der Waals surface area contributed by atoms with Crippen molar-refractivity contribution >= 4 is 11.0 Å². The van der Waals surface area contributed by atoms with Crippen LogP contribution < -0.4 is 10.4 Å². The largest absolute Gasteiger partial charge is 0.491 e. The third kappa shape index (κ3) is 2.56. The fourth-order valence-corrected chi connectivity index (χ4v) is 2.69. The molecule has 0 saturated carbocycles. The number of hydrogen-bond donors (Lipinski definition) is 1. The maximum Gasteiger partial charge on any atom is 0.328 e. The van der Waals surface area contributed by atoms with E-state index < -0.39 is 5.60 Å². The van der Waals surface area contributed by atoms with Gasteiger partial charge in [-0.25, -0.2) is 4.79 Å². The molecule has 1 aliphatic rings. The fourth-order valence-electron chi connectivity index (χ4n) is 2.69. The molecule has 3 rings (SSSR count). The Kier molecular flexibility index (Phi) is 3.51. The first-order chi connectivity index (χ1) is 10.0. The summed E-state index contributed by atoms with van der Waals surface area (Å²) in [4.78, 5) is 11.9. The first kappa shape index (κ1) is 14.2. The van der Waals surface area contributed by atoms with E-state index in [-0.39, 0.29) is 12.3 Å². The van der Waals surface area contributed by atoms with Gasteiger partial charge < -0.3 is 14.6 Å². The van der Waals surface area contributed by atoms with Crippen molar-refractivity contribution in [2.75, 3.05) is 19.8 Å². The third-order valence-electron chi connectivity index (χ3n) is 4.17. The third-order valence-corrected chi connectivity index (χ3v) is 4.17. The smallest absolute Gasteiger partial charge is 0.328 e. The second kappa shape index (κ2) is 5.20. The first-order valence-corrected chi connectivity index (χ1v) is 7.09. The van der Waals surface area contributed by atoms with Crippen LogP contribution in [0.1, 0.15) is 12.8 Å². The molecule has 21 heavy (non-hydrogen) atoms. The first-order valence-electron chi connectivity index (χ1n) is 7.09. The normalized spacial score (nSPS) is 18.0. The SMILES string of the molecule is Cn1c(=O)n(C)c2cc(OCC3(O)CCOCC3)ccc21. The summed E-state index contributed by atoms with van der Waals surface area (Å²) in [7, 11) is 3.48. The van der Waals surface area contributed by atoms with Gasteiger partial charge in [0.05, 0.1) is 11.0 Å². The van der Waals surface area contributed by atoms with Crippen molar-refractivity contribution < 1.29 is 14.6 Å². The molecule has 0 unspecified atom stereocenters. The van der Waals surface area contributed by atoms with Crippen LogP contribution in [0.15, 0.2) is 23.0 Å². The number of aryl methyl sites for hydroxylation is 2. The number of ether oxygens (including phenoxy) is 2. The lowest BCUT2D eigenvalue weighted by atomic mass is 9.96. The highest BCUT2D eigenvalue weighted by molar-refractivity contribution is 5.77. The van der Waals surface area contributed by atoms with Gasteiger partial charge in [0, 0.05) is 46.2 Å². The number of nitrogens with zero attached hydrogens (tertiary/aromatic N) is 2. The van der Waals surface area contributed by atoms with Crippen molar-refractivity contribution in [3.63, 3.8) is 0 Å². The van der Waals surface area contributed by atoms with Crippen molar-refractivity contribution in [3.8, 4) is 5.75 Å². The molecule has 6 nitrogen and oxygen atoms in total. The van der Waals surface area contributed by atoms with E-state index in [1.165, 1.54) is 0 Å². The monoisotopic (exact) mass is 292 g/mol. The Bertz CT molecular complexity index is 710. The summed E-state index contributed by atoms with van der Waals surface area (Å²) in [6.45, 7) is 1.36. The minimum absolute atomic E-state index is 0.0646. The lowest BCUT2D eigenvalue weighted by Crippen LogP contribution is -2.41. The van der Waals surface area contributed by atoms with Crippen molar-refractivity contribution in [2.45, 2.75) is 18.4 Å². The molecule has 1 saturated heterocycles. The summed E-state index contributed by atoms with van der Waals surface area (Å²) in [5.74, 6) is 0.656. The number of hydrogen-bond acceptors (Lipinski definition) is 4. The van der Waals surface area contributed by atoms with Crippen LogP contribution in [0.25, 0.3) is 11.0 Å². The molecule has 1 aliphatic heterocycles. The standard InChI is InChI=1S/C15H20N2O4/c1-16-12-4-3-11(9-13(12)17(2)14(16)18)21-10-15(19)5-7-20-8-6-15/h3-4,9,19H,5-8,10H2,1-2H3. The number of rotatable bonds is 3. The number of fused-ring (bicyclic) bond motifs is 1. The zero-order valence-electron chi connectivity index (χ0n) is 12.3. The molecule has 6 heteroatoms. The lowest BCUT2D eigenvalue weighted by Gasteiger charge is -2.31. The predicted octanol–water partition coefficient (Wildman–Crippen LogP) is 0.797. The molecule has 1 aromatic carbocycles. The molecule has 0 bridgehead atoms. The highest BCUT2D eigenvalue weighted by Crippen LogP contribution is 2.24. The van der Waals surface area contributed by atoms with E-state index in [0.29, 0.717) is 31.8 Å². The van der Waals surface area contributed by atoms with Gasteiger partial charge in [0.2, 0.25) is 0 Å². The Balaban J connectivity index is 1.82. The van der Waals surface area contributed by atoms with Crippen LogP contribution in [0.5, 0.6) is 5.75 Å². The van der Waals surface area contributed by atoms with Gasteiger partial charge in [0.1, 0.15) is 18.0 Å². The Hall–Kier alpha value is -1.79. The molecular formula is C15H20N2O4. The molecule has 2 aromatic rings. The quantitative estimate of drug-likeness (QED) is 0.908. The molecular weight excluding hydrogens is 272 g/mol. The Morgan fingerprint density at radius 2 is 1.90 bits per heavy atom. The molecule has 0 radical (unpaired) electrons. The molecule has 0 aliphatic carbocycles. The zero-order chi connectivity index (χ0) is 15.0. The summed E-state index contributed by atoms with van der Waals surface area (Å²) in [5, 5.41) is 10.4. The van der Waals surface area contributed by atoms with E-state index in [1.807, 2.05) is 18.2 Å². The molecule has 2 heterocycles. The topological polar surface area (TPSA) is 65.6 Å². The van der Waals surface area contributed by atoms with Crippen LogP contribution >= 0.6 is 0 Å². The number of aliphatic hydroxyl groups is 1. The van der Waals surface area contributed by atoms with Crippen LogP contribution in [-0.4, -0.2) is 39.7 Å². The average molecular weight is 292 g/mol. The molecule has 0 spiro atoms. The number of aromatic nitrogens is 2. The maximum atomic E-state index is 11.9. The van der Waals surface area contributed by atoms with Crippen LogP contribution in [0, 0.1) is 0 Å². The number of imidazole rings is 1. The molecule has 1 aromatic heterocycles. The highest BCUT2D eigenvalue weighted by Gasteiger charge is 2.30. The van der Waals surface area contributed by atoms with Crippen molar-refractivity contribution in [1.29, 1.82) is 0 Å². The van der Waals surface area contributed by atoms with Gasteiger partial charge in [0.15, 0.2) is 0 Å². The molecule has 0 amide bonds. The molecule has 0 atom stereocenters. The zero-order valence-corrected chi connectivity index (χ0v) is 12.3. The van der Waals surface area contributed by atoms with Gasteiger partial charge in [0.25, 0.3) is 0 Å². The van der Waals surface area contributed by atoms with Gasteiger partial charge in [-0.1, -0.05) is 0 Å². The van der Waals surface area contributed by atoms with Crippen molar-refractivity contribution in [3.05, 3.63) is 28.7 Å². The van der Waals surface area contributed by atoms with Crippen molar-refractivity contribution in [1.82, 2.24) is 9.13 Å². The van der Waals surface area contributed by atoms with E-state index in [4.69, 9.17) is 9.47 Å². The molecule has 1 fully saturated rings. The second-order valence-electron chi connectivity index (χ2n) is 5.68. The predicted molar refractivity (Wildman–Crippen MR) is 78.7 cm³/mol. The summed E-state index contributed by atoms with van der Waals surface area (Å²) < 4.78 is 14.2. The Morgan fingerprint density at radius 1 is 1.24 bits per heavy atom. The van der Waals surface area contributed by atoms with E-state index >= 15 is 0 Å². The number of benzene rings is 1. The summed E-state index contributed by atoms with van der Waals surface area (Å²) >= 11 is 0. The highest BCUT2D eigenvalue weighted by atomic mass is 16.5. The fraction of sp³-hybridized carbons (Fsp3) is 0.533. The maximum absolute atomic E-state index is 11.9. The van der Waals surface area contributed by atoms with E-state index in [2.05, 4.69) is 0 Å². The minimum Gasteiger partial charge on any atom is -0.491 e. The van der Waals surface area contributed by atoms with Crippen LogP contribution in [-0.2, 0) is 18.8 Å². The van der Waals surface area contributed by atoms with Crippen LogP contribution in [0.2, 0.25) is 0 Å². The second-order valence-corrected chi connectivity index (χ2v) is 5.68. The van der Waals surface area contributed by atoms with Gasteiger partial charge >= 0.3 is 5.69 Å². The van der Waals surface area contributed by atoms with Gasteiger partial charge in [-0.3, -0.25) is 9.13 Å². The lowest BCUT2D eigenvalue weighted by molar-refractivity contribution is -0.0855. The van der Waals surface area contributed by atoms with E-state index in [0.717, 1.165) is 11.0 Å². The van der Waals surface area contributed by atoms with Gasteiger partial charge in [-0.2, -0.15) is 0 Å². The summed E-state index contributed by atoms with van der Waals surface area (Å²) in [6, 6.07) is 5.52. The van der Waals surface area contributed by atoms with Gasteiger partial charge in [-0.15, -0.1) is 0 Å². The van der Waals surface area contributed by atoms with Gasteiger partial charge in [-0.05, 0) is 12.1 Å². The van der Waals surface area contributed by atoms with E-state index in [9.17, 15) is 9.90 Å². The minimum atomic E-state index is -0.824. The summed E-state index contributed by atoms with van der Waals surface area (Å²) in [6.07, 6.45) is 1.16. The van der Waals surface area contributed by atoms with Crippen LogP contribution in [0.3, 0.4) is 0 Å². The Labute approximate surface area is 122 Å². The average Bonchev–Trinajstić information content (AvgIpc) is 2.71. The summed E-state index contributed by atoms with van der Waals surface area (Å²) in [5.41, 5.74) is 0.791. The molecule has 114 valence electrons. The Morgan fingerprint density at radius 3 is 2.62 bits per heavy atom. The van der Waals surface area contributed by atoms with E-state index in [1.54, 1.807) is 23.2 Å². The van der Waals surface area contributed by atoms with Crippen LogP contribution in [0.4, 0.5) is 0 Å².